The van der Waals surface area contributed by atoms with Crippen molar-refractivity contribution in [3.05, 3.63) is 52.9 Å². The molecule has 0 saturated heterocycles. The summed E-state index contributed by atoms with van der Waals surface area (Å²) in [6, 6.07) is 9.37. The first-order valence-corrected chi connectivity index (χ1v) is 8.33. The van der Waals surface area contributed by atoms with Crippen LogP contribution in [0.4, 0.5) is 0 Å². The lowest BCUT2D eigenvalue weighted by Crippen LogP contribution is -2.34. The highest BCUT2D eigenvalue weighted by Gasteiger charge is 2.20. The molecule has 3 atom stereocenters. The van der Waals surface area contributed by atoms with Crippen molar-refractivity contribution in [2.24, 2.45) is 0 Å². The highest BCUT2D eigenvalue weighted by molar-refractivity contribution is 5.77. The molecule has 5 nitrogen and oxygen atoms in total. The van der Waals surface area contributed by atoms with E-state index in [9.17, 15) is 9.90 Å². The van der Waals surface area contributed by atoms with Gasteiger partial charge in [-0.15, -0.1) is 0 Å². The Morgan fingerprint density at radius 2 is 1.92 bits per heavy atom. The number of aliphatic hydroxyl groups excluding tert-OH is 1. The van der Waals surface area contributed by atoms with Crippen LogP contribution in [0, 0.1) is 13.8 Å². The molecule has 130 valence electrons. The quantitative estimate of drug-likeness (QED) is 0.816. The van der Waals surface area contributed by atoms with E-state index in [4.69, 9.17) is 4.52 Å². The van der Waals surface area contributed by atoms with Crippen LogP contribution >= 0.6 is 0 Å². The number of amides is 1. The number of benzene rings is 1. The standard InChI is InChI=1S/C19H26N2O3/c1-12(19-14(3)21-24-15(19)4)10-18(23)20-13(2)11-17(22)16-8-6-5-7-9-16/h5-9,12-13,17,22H,10-11H2,1-4H3,(H,20,23). The summed E-state index contributed by atoms with van der Waals surface area (Å²) in [5.74, 6) is 0.776. The van der Waals surface area contributed by atoms with E-state index in [1.807, 2.05) is 58.0 Å². The molecule has 1 aromatic carbocycles. The van der Waals surface area contributed by atoms with Crippen molar-refractivity contribution in [1.82, 2.24) is 10.5 Å². The fourth-order valence-electron chi connectivity index (χ4n) is 3.11. The normalized spacial score (nSPS) is 14.9. The molecule has 1 heterocycles. The third kappa shape index (κ3) is 4.68. The zero-order chi connectivity index (χ0) is 17.7. The van der Waals surface area contributed by atoms with Gasteiger partial charge in [-0.25, -0.2) is 0 Å². The summed E-state index contributed by atoms with van der Waals surface area (Å²) in [6.07, 6.45) is 0.269. The topological polar surface area (TPSA) is 75.4 Å². The molecule has 0 aliphatic carbocycles. The number of carbonyl (C=O) groups is 1. The van der Waals surface area contributed by atoms with Crippen LogP contribution in [-0.4, -0.2) is 22.2 Å². The molecule has 1 amide bonds. The summed E-state index contributed by atoms with van der Waals surface area (Å²) >= 11 is 0. The van der Waals surface area contributed by atoms with Gasteiger partial charge >= 0.3 is 0 Å². The molecule has 3 unspecified atom stereocenters. The fourth-order valence-corrected chi connectivity index (χ4v) is 3.11. The lowest BCUT2D eigenvalue weighted by Gasteiger charge is -2.19. The molecular formula is C19H26N2O3. The van der Waals surface area contributed by atoms with Gasteiger partial charge in [0.05, 0.1) is 11.8 Å². The second kappa shape index (κ2) is 8.11. The number of aryl methyl sites for hydroxylation is 2. The van der Waals surface area contributed by atoms with Gasteiger partial charge in [-0.2, -0.15) is 0 Å². The van der Waals surface area contributed by atoms with Crippen LogP contribution in [0.15, 0.2) is 34.9 Å². The van der Waals surface area contributed by atoms with Crippen molar-refractivity contribution in [3.63, 3.8) is 0 Å². The Balaban J connectivity index is 1.85. The average molecular weight is 330 g/mol. The first-order chi connectivity index (χ1) is 11.4. The Bertz CT molecular complexity index is 647. The summed E-state index contributed by atoms with van der Waals surface area (Å²) in [5, 5.41) is 17.1. The molecule has 2 N–H and O–H groups in total. The Kier molecular flexibility index (Phi) is 6.15. The molecule has 0 saturated carbocycles. The van der Waals surface area contributed by atoms with E-state index in [2.05, 4.69) is 10.5 Å². The van der Waals surface area contributed by atoms with Crippen molar-refractivity contribution >= 4 is 5.91 Å². The number of rotatable bonds is 7. The second-order valence-corrected chi connectivity index (χ2v) is 6.47. The number of nitrogens with one attached hydrogen (secondary N) is 1. The minimum absolute atomic E-state index is 0.0322. The van der Waals surface area contributed by atoms with Crippen LogP contribution in [0.3, 0.4) is 0 Å². The van der Waals surface area contributed by atoms with Crippen LogP contribution in [0.25, 0.3) is 0 Å². The van der Waals surface area contributed by atoms with Crippen molar-refractivity contribution in [2.75, 3.05) is 0 Å². The van der Waals surface area contributed by atoms with Crippen LogP contribution in [0.5, 0.6) is 0 Å². The summed E-state index contributed by atoms with van der Waals surface area (Å²) in [6.45, 7) is 7.65. The molecular weight excluding hydrogens is 304 g/mol. The number of nitrogens with zero attached hydrogens (tertiary/aromatic N) is 1. The minimum Gasteiger partial charge on any atom is -0.388 e. The van der Waals surface area contributed by atoms with Crippen molar-refractivity contribution in [3.8, 4) is 0 Å². The van der Waals surface area contributed by atoms with Gasteiger partial charge in [-0.05, 0) is 38.7 Å². The maximum atomic E-state index is 12.3. The molecule has 2 rings (SSSR count). The minimum atomic E-state index is -0.582. The molecule has 0 aliphatic rings. The summed E-state index contributed by atoms with van der Waals surface area (Å²) in [4.78, 5) is 12.3. The van der Waals surface area contributed by atoms with Crippen molar-refractivity contribution in [1.29, 1.82) is 0 Å². The molecule has 2 aromatic rings. The summed E-state index contributed by atoms with van der Waals surface area (Å²) in [7, 11) is 0. The van der Waals surface area contributed by atoms with E-state index < -0.39 is 6.10 Å². The first-order valence-electron chi connectivity index (χ1n) is 8.33. The van der Waals surface area contributed by atoms with Crippen LogP contribution in [0.1, 0.15) is 61.3 Å². The van der Waals surface area contributed by atoms with Crippen molar-refractivity contribution < 1.29 is 14.4 Å². The molecule has 5 heteroatoms. The molecule has 0 aliphatic heterocycles. The molecule has 1 aromatic heterocycles. The Hall–Kier alpha value is -2.14. The van der Waals surface area contributed by atoms with Gasteiger partial charge in [0, 0.05) is 18.0 Å². The van der Waals surface area contributed by atoms with Crippen LogP contribution < -0.4 is 5.32 Å². The summed E-state index contributed by atoms with van der Waals surface area (Å²) in [5.41, 5.74) is 2.70. The van der Waals surface area contributed by atoms with Crippen molar-refractivity contribution in [2.45, 2.75) is 58.6 Å². The second-order valence-electron chi connectivity index (χ2n) is 6.47. The maximum Gasteiger partial charge on any atom is 0.220 e. The third-order valence-corrected chi connectivity index (χ3v) is 4.24. The number of carbonyl (C=O) groups excluding carboxylic acids is 1. The molecule has 0 spiro atoms. The Morgan fingerprint density at radius 3 is 2.50 bits per heavy atom. The van der Waals surface area contributed by atoms with Gasteiger partial charge in [0.15, 0.2) is 0 Å². The molecule has 0 fully saturated rings. The number of aromatic nitrogens is 1. The Morgan fingerprint density at radius 1 is 1.25 bits per heavy atom. The van der Waals surface area contributed by atoms with Gasteiger partial charge < -0.3 is 14.9 Å². The Labute approximate surface area is 143 Å². The predicted molar refractivity (Wildman–Crippen MR) is 92.6 cm³/mol. The van der Waals surface area contributed by atoms with E-state index in [1.54, 1.807) is 0 Å². The van der Waals surface area contributed by atoms with E-state index in [0.717, 1.165) is 22.6 Å². The maximum absolute atomic E-state index is 12.3. The molecule has 0 radical (unpaired) electrons. The molecule has 24 heavy (non-hydrogen) atoms. The molecule has 0 bridgehead atoms. The largest absolute Gasteiger partial charge is 0.388 e. The van der Waals surface area contributed by atoms with Gasteiger partial charge in [0.1, 0.15) is 5.76 Å². The number of hydrogen-bond donors (Lipinski definition) is 2. The number of hydrogen-bond acceptors (Lipinski definition) is 4. The van der Waals surface area contributed by atoms with Gasteiger partial charge in [-0.1, -0.05) is 42.4 Å². The monoisotopic (exact) mass is 330 g/mol. The SMILES string of the molecule is Cc1noc(C)c1C(C)CC(=O)NC(C)CC(O)c1ccccc1. The van der Waals surface area contributed by atoms with Crippen LogP contribution in [-0.2, 0) is 4.79 Å². The highest BCUT2D eigenvalue weighted by Crippen LogP contribution is 2.26. The van der Waals surface area contributed by atoms with Gasteiger partial charge in [0.25, 0.3) is 0 Å². The average Bonchev–Trinajstić information content (AvgIpc) is 2.86. The lowest BCUT2D eigenvalue weighted by atomic mass is 9.95. The zero-order valence-corrected chi connectivity index (χ0v) is 14.7. The van der Waals surface area contributed by atoms with Crippen LogP contribution in [0.2, 0.25) is 0 Å². The van der Waals surface area contributed by atoms with Gasteiger partial charge in [-0.3, -0.25) is 4.79 Å². The number of aliphatic hydroxyl groups is 1. The lowest BCUT2D eigenvalue weighted by molar-refractivity contribution is -0.122. The third-order valence-electron chi connectivity index (χ3n) is 4.24. The smallest absolute Gasteiger partial charge is 0.220 e. The van der Waals surface area contributed by atoms with E-state index in [-0.39, 0.29) is 17.9 Å². The highest BCUT2D eigenvalue weighted by atomic mass is 16.5. The van der Waals surface area contributed by atoms with E-state index >= 15 is 0 Å². The van der Waals surface area contributed by atoms with E-state index in [0.29, 0.717) is 12.8 Å². The zero-order valence-electron chi connectivity index (χ0n) is 14.7. The van der Waals surface area contributed by atoms with Gasteiger partial charge in [0.2, 0.25) is 5.91 Å². The summed E-state index contributed by atoms with van der Waals surface area (Å²) < 4.78 is 5.17. The predicted octanol–water partition coefficient (Wildman–Crippen LogP) is 3.41. The first kappa shape index (κ1) is 18.2. The fraction of sp³-hybridized carbons (Fsp3) is 0.474. The van der Waals surface area contributed by atoms with E-state index in [1.165, 1.54) is 0 Å².